The van der Waals surface area contributed by atoms with Crippen LogP contribution in [0.5, 0.6) is 0 Å². The lowest BCUT2D eigenvalue weighted by atomic mass is 10.2. The van der Waals surface area contributed by atoms with Gasteiger partial charge in [-0.3, -0.25) is 0 Å². The van der Waals surface area contributed by atoms with Crippen molar-refractivity contribution in [2.24, 2.45) is 0 Å². The molecule has 120 valence electrons. The molecule has 1 heterocycles. The molecular weight excluding hydrogens is 326 g/mol. The van der Waals surface area contributed by atoms with Crippen molar-refractivity contribution in [3.8, 4) is 0 Å². The Hall–Kier alpha value is -1.64. The van der Waals surface area contributed by atoms with E-state index in [1.165, 1.54) is 24.5 Å². The van der Waals surface area contributed by atoms with Crippen LogP contribution in [0.2, 0.25) is 0 Å². The fraction of sp³-hybridized carbons (Fsp3) is 0.286. The van der Waals surface area contributed by atoms with Gasteiger partial charge in [0.2, 0.25) is 10.0 Å². The van der Waals surface area contributed by atoms with Crippen molar-refractivity contribution in [3.63, 3.8) is 0 Å². The quantitative estimate of drug-likeness (QED) is 0.861. The lowest BCUT2D eigenvalue weighted by molar-refractivity contribution is 0.487. The molecule has 0 saturated carbocycles. The van der Waals surface area contributed by atoms with Crippen LogP contribution < -0.4 is 4.72 Å². The summed E-state index contributed by atoms with van der Waals surface area (Å²) < 4.78 is 55.5. The van der Waals surface area contributed by atoms with Gasteiger partial charge in [-0.1, -0.05) is 17.7 Å². The van der Waals surface area contributed by atoms with Crippen LogP contribution in [0.1, 0.15) is 16.6 Å². The molecule has 22 heavy (non-hydrogen) atoms. The van der Waals surface area contributed by atoms with Crippen molar-refractivity contribution in [1.29, 1.82) is 0 Å². The van der Waals surface area contributed by atoms with E-state index in [9.17, 15) is 16.8 Å². The minimum absolute atomic E-state index is 0.120. The summed E-state index contributed by atoms with van der Waals surface area (Å²) in [6.45, 7) is 1.56. The fourth-order valence-electron chi connectivity index (χ4n) is 1.96. The summed E-state index contributed by atoms with van der Waals surface area (Å²) in [4.78, 5) is 0.120. The highest BCUT2D eigenvalue weighted by atomic mass is 32.2. The first kappa shape index (κ1) is 16.7. The van der Waals surface area contributed by atoms with Crippen molar-refractivity contribution < 1.29 is 21.3 Å². The molecule has 0 aliphatic carbocycles. The van der Waals surface area contributed by atoms with E-state index in [0.29, 0.717) is 0 Å². The number of furan rings is 1. The summed E-state index contributed by atoms with van der Waals surface area (Å²) >= 11 is 0. The van der Waals surface area contributed by atoms with E-state index in [-0.39, 0.29) is 17.2 Å². The molecule has 0 bridgehead atoms. The molecule has 2 aromatic rings. The molecule has 0 fully saturated rings. The predicted molar refractivity (Wildman–Crippen MR) is 82.7 cm³/mol. The van der Waals surface area contributed by atoms with Crippen molar-refractivity contribution in [1.82, 2.24) is 4.72 Å². The van der Waals surface area contributed by atoms with Gasteiger partial charge in [0, 0.05) is 6.54 Å². The molecule has 1 aromatic heterocycles. The summed E-state index contributed by atoms with van der Waals surface area (Å²) in [5, 5.41) is -1.13. The van der Waals surface area contributed by atoms with Crippen LogP contribution in [0, 0.1) is 6.92 Å². The van der Waals surface area contributed by atoms with Crippen LogP contribution in [-0.4, -0.2) is 29.6 Å². The van der Waals surface area contributed by atoms with Crippen molar-refractivity contribution in [2.75, 3.05) is 12.8 Å². The number of sulfone groups is 1. The average molecular weight is 343 g/mol. The number of hydrogen-bond donors (Lipinski definition) is 1. The summed E-state index contributed by atoms with van der Waals surface area (Å²) in [5.74, 6) is 0.191. The molecule has 0 amide bonds. The Kier molecular flexibility index (Phi) is 4.74. The van der Waals surface area contributed by atoms with E-state index in [1.807, 2.05) is 6.92 Å². The lowest BCUT2D eigenvalue weighted by Gasteiger charge is -2.16. The molecule has 0 unspecified atom stereocenters. The number of hydrogen-bond acceptors (Lipinski definition) is 5. The Balaban J connectivity index is 2.41. The second-order valence-corrected chi connectivity index (χ2v) is 8.95. The van der Waals surface area contributed by atoms with Crippen LogP contribution >= 0.6 is 0 Å². The van der Waals surface area contributed by atoms with Gasteiger partial charge in [0.15, 0.2) is 9.84 Å². The Morgan fingerprint density at radius 3 is 2.23 bits per heavy atom. The normalized spacial score (nSPS) is 13.9. The van der Waals surface area contributed by atoms with Gasteiger partial charge in [0.05, 0.1) is 17.4 Å². The molecule has 0 radical (unpaired) electrons. The number of sulfonamides is 1. The number of benzene rings is 1. The highest BCUT2D eigenvalue weighted by molar-refractivity contribution is 7.92. The van der Waals surface area contributed by atoms with Crippen LogP contribution in [0.4, 0.5) is 0 Å². The SMILES string of the molecule is Cc1ccc(S(=O)(=O)[C@@H](CNS(C)(=O)=O)c2ccco2)cc1. The van der Waals surface area contributed by atoms with Gasteiger partial charge in [-0.2, -0.15) is 0 Å². The van der Waals surface area contributed by atoms with Crippen molar-refractivity contribution in [3.05, 3.63) is 54.0 Å². The van der Waals surface area contributed by atoms with E-state index in [1.54, 1.807) is 18.2 Å². The monoisotopic (exact) mass is 343 g/mol. The first-order valence-electron chi connectivity index (χ1n) is 6.49. The van der Waals surface area contributed by atoms with Gasteiger partial charge in [0.25, 0.3) is 0 Å². The smallest absolute Gasteiger partial charge is 0.208 e. The van der Waals surface area contributed by atoms with Crippen LogP contribution in [0.3, 0.4) is 0 Å². The Labute approximate surface area is 130 Å². The third-order valence-corrected chi connectivity index (χ3v) is 5.88. The van der Waals surface area contributed by atoms with Gasteiger partial charge >= 0.3 is 0 Å². The number of nitrogens with one attached hydrogen (secondary N) is 1. The number of aryl methyl sites for hydroxylation is 1. The molecule has 0 aliphatic rings. The minimum Gasteiger partial charge on any atom is -0.468 e. The Morgan fingerprint density at radius 1 is 1.09 bits per heavy atom. The first-order valence-corrected chi connectivity index (χ1v) is 9.92. The molecule has 0 aliphatic heterocycles. The zero-order valence-corrected chi connectivity index (χ0v) is 13.8. The van der Waals surface area contributed by atoms with E-state index in [4.69, 9.17) is 4.42 Å². The fourth-order valence-corrected chi connectivity index (χ4v) is 4.12. The second-order valence-electron chi connectivity index (χ2n) is 4.98. The summed E-state index contributed by atoms with van der Waals surface area (Å²) in [6.07, 6.45) is 2.33. The minimum atomic E-state index is -3.78. The van der Waals surface area contributed by atoms with Gasteiger partial charge in [-0.05, 0) is 31.2 Å². The standard InChI is InChI=1S/C14H17NO5S2/c1-11-5-7-12(8-6-11)22(18,19)14(10-15-21(2,16)17)13-4-3-9-20-13/h3-9,14-15H,10H2,1-2H3/t14-/m0/s1. The molecule has 6 nitrogen and oxygen atoms in total. The summed E-state index contributed by atoms with van der Waals surface area (Å²) in [6, 6.07) is 9.46. The van der Waals surface area contributed by atoms with E-state index >= 15 is 0 Å². The van der Waals surface area contributed by atoms with Crippen molar-refractivity contribution >= 4 is 19.9 Å². The maximum absolute atomic E-state index is 12.8. The van der Waals surface area contributed by atoms with Crippen LogP contribution in [-0.2, 0) is 19.9 Å². The molecule has 0 spiro atoms. The van der Waals surface area contributed by atoms with Crippen LogP contribution in [0.25, 0.3) is 0 Å². The van der Waals surface area contributed by atoms with E-state index < -0.39 is 25.1 Å². The third-order valence-electron chi connectivity index (χ3n) is 3.12. The number of rotatable bonds is 6. The molecule has 0 saturated heterocycles. The van der Waals surface area contributed by atoms with Gasteiger partial charge < -0.3 is 4.42 Å². The largest absolute Gasteiger partial charge is 0.468 e. The van der Waals surface area contributed by atoms with Crippen molar-refractivity contribution in [2.45, 2.75) is 17.1 Å². The molecular formula is C14H17NO5S2. The zero-order valence-electron chi connectivity index (χ0n) is 12.2. The average Bonchev–Trinajstić information content (AvgIpc) is 2.91. The third kappa shape index (κ3) is 3.96. The lowest BCUT2D eigenvalue weighted by Crippen LogP contribution is -2.31. The first-order chi connectivity index (χ1) is 10.2. The topological polar surface area (TPSA) is 93.5 Å². The highest BCUT2D eigenvalue weighted by Gasteiger charge is 2.32. The Bertz CT molecular complexity index is 822. The maximum Gasteiger partial charge on any atom is 0.208 e. The van der Waals surface area contributed by atoms with Gasteiger partial charge in [-0.25, -0.2) is 21.6 Å². The highest BCUT2D eigenvalue weighted by Crippen LogP contribution is 2.29. The molecule has 1 aromatic carbocycles. The molecule has 1 atom stereocenters. The Morgan fingerprint density at radius 2 is 1.73 bits per heavy atom. The maximum atomic E-state index is 12.8. The van der Waals surface area contributed by atoms with Crippen LogP contribution in [0.15, 0.2) is 52.0 Å². The molecule has 8 heteroatoms. The summed E-state index contributed by atoms with van der Waals surface area (Å²) in [5.41, 5.74) is 0.933. The van der Waals surface area contributed by atoms with E-state index in [0.717, 1.165) is 11.8 Å². The molecule has 2 rings (SSSR count). The predicted octanol–water partition coefficient (Wildman–Crippen LogP) is 1.65. The summed E-state index contributed by atoms with van der Waals surface area (Å²) in [7, 11) is -7.30. The van der Waals surface area contributed by atoms with E-state index in [2.05, 4.69) is 4.72 Å². The second kappa shape index (κ2) is 6.23. The molecule has 1 N–H and O–H groups in total. The van der Waals surface area contributed by atoms with Gasteiger partial charge in [-0.15, -0.1) is 0 Å². The zero-order chi connectivity index (χ0) is 16.4. The van der Waals surface area contributed by atoms with Gasteiger partial charge in [0.1, 0.15) is 11.0 Å².